The van der Waals surface area contributed by atoms with Crippen LogP contribution in [-0.2, 0) is 6.54 Å². The van der Waals surface area contributed by atoms with E-state index >= 15 is 0 Å². The van der Waals surface area contributed by atoms with Gasteiger partial charge >= 0.3 is 0 Å². The molecule has 0 aliphatic rings. The zero-order valence-corrected chi connectivity index (χ0v) is 12.3. The van der Waals surface area contributed by atoms with Gasteiger partial charge in [-0.15, -0.1) is 0 Å². The lowest BCUT2D eigenvalue weighted by molar-refractivity contribution is 0.196. The van der Waals surface area contributed by atoms with Crippen LogP contribution in [-0.4, -0.2) is 31.5 Å². The second-order valence-corrected chi connectivity index (χ2v) is 4.97. The molecule has 1 unspecified atom stereocenters. The number of benzene rings is 1. The van der Waals surface area contributed by atoms with E-state index in [1.165, 1.54) is 0 Å². The number of methoxy groups -OCH3 is 1. The van der Waals surface area contributed by atoms with Crippen molar-refractivity contribution in [3.05, 3.63) is 23.8 Å². The fraction of sp³-hybridized carbons (Fsp3) is 0.600. The molecule has 4 nitrogen and oxygen atoms in total. The molecule has 1 rings (SSSR count). The lowest BCUT2D eigenvalue weighted by atomic mass is 10.1. The van der Waals surface area contributed by atoms with Gasteiger partial charge in [0.25, 0.3) is 0 Å². The maximum absolute atomic E-state index is 8.77. The molecule has 0 saturated heterocycles. The molecule has 19 heavy (non-hydrogen) atoms. The molecule has 108 valence electrons. The van der Waals surface area contributed by atoms with E-state index in [4.69, 9.17) is 14.6 Å². The van der Waals surface area contributed by atoms with Crippen LogP contribution < -0.4 is 14.8 Å². The minimum absolute atomic E-state index is 0.00162. The second kappa shape index (κ2) is 8.02. The molecule has 1 aromatic carbocycles. The van der Waals surface area contributed by atoms with Crippen molar-refractivity contribution < 1.29 is 14.6 Å². The van der Waals surface area contributed by atoms with Gasteiger partial charge in [-0.1, -0.05) is 19.9 Å². The van der Waals surface area contributed by atoms with Gasteiger partial charge in [-0.25, -0.2) is 0 Å². The Morgan fingerprint density at radius 1 is 1.21 bits per heavy atom. The Bertz CT molecular complexity index is 380. The molecule has 0 bridgehead atoms. The summed E-state index contributed by atoms with van der Waals surface area (Å²) in [6, 6.07) is 6.32. The Morgan fingerprint density at radius 2 is 1.95 bits per heavy atom. The molecule has 0 aliphatic carbocycles. The molecule has 0 heterocycles. The predicted molar refractivity (Wildman–Crippen MR) is 76.7 cm³/mol. The summed E-state index contributed by atoms with van der Waals surface area (Å²) in [4.78, 5) is 0. The van der Waals surface area contributed by atoms with Crippen molar-refractivity contribution in [1.29, 1.82) is 0 Å². The first-order valence-electron chi connectivity index (χ1n) is 6.72. The maximum Gasteiger partial charge on any atom is 0.161 e. The van der Waals surface area contributed by atoms with Crippen molar-refractivity contribution in [2.24, 2.45) is 5.92 Å². The summed E-state index contributed by atoms with van der Waals surface area (Å²) >= 11 is 0. The molecule has 2 N–H and O–H groups in total. The summed E-state index contributed by atoms with van der Waals surface area (Å²) < 4.78 is 10.7. The van der Waals surface area contributed by atoms with Crippen molar-refractivity contribution in [1.82, 2.24) is 5.32 Å². The second-order valence-electron chi connectivity index (χ2n) is 4.97. The van der Waals surface area contributed by atoms with Crippen LogP contribution in [0, 0.1) is 5.92 Å². The number of nitrogens with one attached hydrogen (secondary N) is 1. The van der Waals surface area contributed by atoms with E-state index in [1.54, 1.807) is 7.11 Å². The average Bonchev–Trinajstić information content (AvgIpc) is 2.42. The monoisotopic (exact) mass is 267 g/mol. The van der Waals surface area contributed by atoms with Crippen LogP contribution in [0.5, 0.6) is 11.5 Å². The van der Waals surface area contributed by atoms with Crippen molar-refractivity contribution >= 4 is 0 Å². The molecular weight excluding hydrogens is 242 g/mol. The molecule has 0 fully saturated rings. The highest BCUT2D eigenvalue weighted by atomic mass is 16.5. The van der Waals surface area contributed by atoms with Gasteiger partial charge in [0.2, 0.25) is 0 Å². The Hall–Kier alpha value is -1.26. The van der Waals surface area contributed by atoms with Gasteiger partial charge in [0.05, 0.1) is 13.7 Å². The van der Waals surface area contributed by atoms with E-state index in [0.29, 0.717) is 23.5 Å². The lowest BCUT2D eigenvalue weighted by Gasteiger charge is -2.18. The average molecular weight is 267 g/mol. The van der Waals surface area contributed by atoms with Crippen molar-refractivity contribution in [3.8, 4) is 11.5 Å². The summed E-state index contributed by atoms with van der Waals surface area (Å²) in [6.07, 6.45) is 0. The number of aliphatic hydroxyl groups is 1. The van der Waals surface area contributed by atoms with E-state index in [9.17, 15) is 0 Å². The Morgan fingerprint density at radius 3 is 2.53 bits per heavy atom. The molecule has 0 aromatic heterocycles. The van der Waals surface area contributed by atoms with Crippen LogP contribution >= 0.6 is 0 Å². The minimum atomic E-state index is -0.00162. The highest BCUT2D eigenvalue weighted by molar-refractivity contribution is 5.42. The van der Waals surface area contributed by atoms with E-state index in [2.05, 4.69) is 26.1 Å². The quantitative estimate of drug-likeness (QED) is 0.758. The number of aliphatic hydroxyl groups excluding tert-OH is 1. The predicted octanol–water partition coefficient (Wildman–Crippen LogP) is 2.20. The summed E-state index contributed by atoms with van der Waals surface area (Å²) in [5, 5.41) is 12.2. The van der Waals surface area contributed by atoms with Gasteiger partial charge in [-0.05, 0) is 30.5 Å². The highest BCUT2D eigenvalue weighted by Crippen LogP contribution is 2.28. The Balaban J connectivity index is 2.65. The standard InChI is InChI=1S/C15H25NO3/c1-11(2)12(3)16-10-13-5-6-14(19-8-7-17)15(9-13)18-4/h5-6,9,11-12,16-17H,7-8,10H2,1-4H3. The molecule has 1 aromatic rings. The summed E-state index contributed by atoms with van der Waals surface area (Å²) in [7, 11) is 1.62. The van der Waals surface area contributed by atoms with Gasteiger partial charge < -0.3 is 19.9 Å². The van der Waals surface area contributed by atoms with Gasteiger partial charge in [-0.2, -0.15) is 0 Å². The molecule has 0 saturated carbocycles. The molecule has 0 radical (unpaired) electrons. The Kier molecular flexibility index (Phi) is 6.67. The van der Waals surface area contributed by atoms with Crippen LogP contribution in [0.15, 0.2) is 18.2 Å². The van der Waals surface area contributed by atoms with Crippen LogP contribution in [0.25, 0.3) is 0 Å². The van der Waals surface area contributed by atoms with Gasteiger partial charge in [0.1, 0.15) is 6.61 Å². The number of hydrogen-bond acceptors (Lipinski definition) is 4. The third-order valence-electron chi connectivity index (χ3n) is 3.21. The lowest BCUT2D eigenvalue weighted by Crippen LogP contribution is -2.30. The first-order chi connectivity index (χ1) is 9.08. The van der Waals surface area contributed by atoms with Crippen LogP contribution in [0.3, 0.4) is 0 Å². The zero-order valence-electron chi connectivity index (χ0n) is 12.3. The molecule has 4 heteroatoms. The first kappa shape index (κ1) is 15.8. The largest absolute Gasteiger partial charge is 0.493 e. The van der Waals surface area contributed by atoms with Crippen molar-refractivity contribution in [2.45, 2.75) is 33.4 Å². The van der Waals surface area contributed by atoms with E-state index in [-0.39, 0.29) is 13.2 Å². The number of hydrogen-bond donors (Lipinski definition) is 2. The third-order valence-corrected chi connectivity index (χ3v) is 3.21. The normalized spacial score (nSPS) is 12.5. The molecule has 0 amide bonds. The van der Waals surface area contributed by atoms with E-state index in [1.807, 2.05) is 18.2 Å². The summed E-state index contributed by atoms with van der Waals surface area (Å²) in [5.74, 6) is 1.97. The third kappa shape index (κ3) is 5.09. The van der Waals surface area contributed by atoms with Gasteiger partial charge in [-0.3, -0.25) is 0 Å². The fourth-order valence-corrected chi connectivity index (χ4v) is 1.61. The smallest absolute Gasteiger partial charge is 0.161 e. The number of ether oxygens (including phenoxy) is 2. The van der Waals surface area contributed by atoms with Crippen molar-refractivity contribution in [3.63, 3.8) is 0 Å². The van der Waals surface area contributed by atoms with Crippen LogP contribution in [0.2, 0.25) is 0 Å². The van der Waals surface area contributed by atoms with Crippen LogP contribution in [0.1, 0.15) is 26.3 Å². The summed E-state index contributed by atoms with van der Waals surface area (Å²) in [5.41, 5.74) is 1.15. The topological polar surface area (TPSA) is 50.7 Å². The Labute approximate surface area is 115 Å². The zero-order chi connectivity index (χ0) is 14.3. The van der Waals surface area contributed by atoms with Crippen LogP contribution in [0.4, 0.5) is 0 Å². The molecule has 1 atom stereocenters. The fourth-order valence-electron chi connectivity index (χ4n) is 1.61. The van der Waals surface area contributed by atoms with Gasteiger partial charge in [0.15, 0.2) is 11.5 Å². The van der Waals surface area contributed by atoms with Gasteiger partial charge in [0, 0.05) is 12.6 Å². The van der Waals surface area contributed by atoms with Crippen molar-refractivity contribution in [2.75, 3.05) is 20.3 Å². The maximum atomic E-state index is 8.77. The SMILES string of the molecule is COc1cc(CNC(C)C(C)C)ccc1OCCO. The number of rotatable bonds is 8. The first-order valence-corrected chi connectivity index (χ1v) is 6.72. The van der Waals surface area contributed by atoms with E-state index in [0.717, 1.165) is 12.1 Å². The minimum Gasteiger partial charge on any atom is -0.493 e. The molecular formula is C15H25NO3. The summed E-state index contributed by atoms with van der Waals surface area (Å²) in [6.45, 7) is 7.65. The van der Waals surface area contributed by atoms with E-state index < -0.39 is 0 Å². The molecule has 0 spiro atoms. The highest BCUT2D eigenvalue weighted by Gasteiger charge is 2.08. The molecule has 0 aliphatic heterocycles.